The number of aromatic amines is 1. The molecule has 12 heteroatoms. The Balaban J connectivity index is 1.82. The summed E-state index contributed by atoms with van der Waals surface area (Å²) in [5, 5.41) is 11.7. The Labute approximate surface area is 175 Å². The lowest BCUT2D eigenvalue weighted by atomic mass is 10.1. The van der Waals surface area contributed by atoms with Crippen molar-refractivity contribution < 1.29 is 32.3 Å². The molecule has 3 N–H and O–H groups in total. The van der Waals surface area contributed by atoms with Crippen LogP contribution < -0.4 is 10.6 Å². The van der Waals surface area contributed by atoms with Gasteiger partial charge in [0.1, 0.15) is 12.4 Å². The zero-order chi connectivity index (χ0) is 22.7. The molecular weight excluding hydrogens is 419 g/mol. The highest BCUT2D eigenvalue weighted by Gasteiger charge is 2.43. The van der Waals surface area contributed by atoms with Gasteiger partial charge in [-0.25, -0.2) is 19.7 Å². The molecule has 1 heterocycles. The number of unbranched alkanes of at least 4 members (excludes halogenated alkanes) is 2. The fourth-order valence-electron chi connectivity index (χ4n) is 2.61. The Morgan fingerprint density at radius 2 is 1.84 bits per heavy atom. The van der Waals surface area contributed by atoms with Gasteiger partial charge in [0.15, 0.2) is 0 Å². The van der Waals surface area contributed by atoms with Crippen molar-refractivity contribution >= 4 is 23.8 Å². The first-order valence-electron chi connectivity index (χ1n) is 9.51. The highest BCUT2D eigenvalue weighted by molar-refractivity contribution is 5.93. The predicted molar refractivity (Wildman–Crippen MR) is 103 cm³/mol. The third-order valence-corrected chi connectivity index (χ3v) is 4.12. The molecule has 9 nitrogen and oxygen atoms in total. The van der Waals surface area contributed by atoms with E-state index in [0.717, 1.165) is 6.42 Å². The summed E-state index contributed by atoms with van der Waals surface area (Å²) in [6, 6.07) is 6.92. The van der Waals surface area contributed by atoms with Crippen molar-refractivity contribution in [2.75, 3.05) is 11.9 Å². The average Bonchev–Trinajstić information content (AvgIpc) is 3.23. The van der Waals surface area contributed by atoms with E-state index in [1.54, 1.807) is 30.3 Å². The molecule has 1 amide bonds. The van der Waals surface area contributed by atoms with E-state index in [-0.39, 0.29) is 12.8 Å². The number of nitrogens with one attached hydrogen (secondary N) is 3. The van der Waals surface area contributed by atoms with Crippen molar-refractivity contribution in [2.45, 2.75) is 44.3 Å². The van der Waals surface area contributed by atoms with Gasteiger partial charge >= 0.3 is 18.1 Å². The number of carbonyl (C=O) groups excluding carboxylic acids is 3. The Morgan fingerprint density at radius 1 is 1.10 bits per heavy atom. The van der Waals surface area contributed by atoms with Crippen molar-refractivity contribution in [2.24, 2.45) is 0 Å². The molecular formula is C19H22F3N5O4. The maximum absolute atomic E-state index is 12.4. The second kappa shape index (κ2) is 11.7. The van der Waals surface area contributed by atoms with E-state index in [2.05, 4.69) is 30.6 Å². The van der Waals surface area contributed by atoms with E-state index in [1.165, 1.54) is 6.33 Å². The van der Waals surface area contributed by atoms with Crippen LogP contribution in [0.25, 0.3) is 0 Å². The summed E-state index contributed by atoms with van der Waals surface area (Å²) in [5.41, 5.74) is 0.586. The number of benzene rings is 1. The normalized spacial score (nSPS) is 12.1. The van der Waals surface area contributed by atoms with Gasteiger partial charge in [-0.2, -0.15) is 18.3 Å². The molecule has 0 aliphatic rings. The molecule has 0 aliphatic heterocycles. The molecule has 0 saturated carbocycles. The van der Waals surface area contributed by atoms with E-state index in [9.17, 15) is 27.6 Å². The van der Waals surface area contributed by atoms with Gasteiger partial charge in [0.05, 0.1) is 0 Å². The number of alkyl halides is 3. The molecule has 31 heavy (non-hydrogen) atoms. The van der Waals surface area contributed by atoms with Gasteiger partial charge in [-0.05, 0) is 18.4 Å². The van der Waals surface area contributed by atoms with Gasteiger partial charge < -0.3 is 15.4 Å². The minimum absolute atomic E-state index is 0.0636. The number of anilines is 1. The van der Waals surface area contributed by atoms with E-state index in [1.807, 2.05) is 0 Å². The highest BCUT2D eigenvalue weighted by Crippen LogP contribution is 2.17. The molecule has 0 radical (unpaired) electrons. The van der Waals surface area contributed by atoms with Crippen LogP contribution in [0.4, 0.5) is 19.1 Å². The van der Waals surface area contributed by atoms with E-state index in [0.29, 0.717) is 30.9 Å². The van der Waals surface area contributed by atoms with Crippen molar-refractivity contribution in [3.8, 4) is 0 Å². The number of hydrogen-bond acceptors (Lipinski definition) is 7. The summed E-state index contributed by atoms with van der Waals surface area (Å²) in [6.07, 6.45) is -2.06. The quantitative estimate of drug-likeness (QED) is 0.277. The number of H-pyrrole nitrogens is 1. The van der Waals surface area contributed by atoms with E-state index >= 15 is 0 Å². The molecule has 0 aliphatic carbocycles. The monoisotopic (exact) mass is 441 g/mol. The average molecular weight is 441 g/mol. The lowest BCUT2D eigenvalue weighted by Gasteiger charge is -2.17. The lowest BCUT2D eigenvalue weighted by molar-refractivity contribution is -0.202. The van der Waals surface area contributed by atoms with E-state index < -0.39 is 30.1 Å². The van der Waals surface area contributed by atoms with Crippen LogP contribution in [-0.2, 0) is 25.5 Å². The smallest absolute Gasteiger partial charge is 0.385 e. The van der Waals surface area contributed by atoms with Crippen LogP contribution in [0.5, 0.6) is 0 Å². The second-order valence-electron chi connectivity index (χ2n) is 6.59. The number of carbonyl (C=O) groups is 3. The largest absolute Gasteiger partial charge is 0.491 e. The molecule has 2 aromatic rings. The van der Waals surface area contributed by atoms with Gasteiger partial charge in [0.25, 0.3) is 0 Å². The topological polar surface area (TPSA) is 126 Å². The summed E-state index contributed by atoms with van der Waals surface area (Å²) in [5.74, 6) is -4.08. The SMILES string of the molecule is O=C(CCCCCNc1ncn[nH]1)N[C@@H](Cc1ccccc1)C(=O)OC(=O)C(F)(F)F. The van der Waals surface area contributed by atoms with Gasteiger partial charge in [0, 0.05) is 19.4 Å². The Kier molecular flexibility index (Phi) is 8.97. The number of nitrogens with zero attached hydrogens (tertiary/aromatic N) is 2. The number of halogens is 3. The molecule has 1 atom stereocenters. The molecule has 0 spiro atoms. The van der Waals surface area contributed by atoms with Gasteiger partial charge in [-0.1, -0.05) is 36.8 Å². The van der Waals surface area contributed by atoms with Crippen LogP contribution >= 0.6 is 0 Å². The molecule has 2 rings (SSSR count). The number of hydrogen-bond donors (Lipinski definition) is 3. The summed E-state index contributed by atoms with van der Waals surface area (Å²) in [6.45, 7) is 0.610. The van der Waals surface area contributed by atoms with Crippen molar-refractivity contribution in [1.29, 1.82) is 0 Å². The minimum Gasteiger partial charge on any atom is -0.385 e. The van der Waals surface area contributed by atoms with Crippen molar-refractivity contribution in [3.63, 3.8) is 0 Å². The number of esters is 2. The maximum Gasteiger partial charge on any atom is 0.491 e. The first-order valence-corrected chi connectivity index (χ1v) is 9.51. The van der Waals surface area contributed by atoms with Crippen LogP contribution in [0.3, 0.4) is 0 Å². The van der Waals surface area contributed by atoms with Crippen molar-refractivity contribution in [3.05, 3.63) is 42.2 Å². The standard InChI is InChI=1S/C19H22F3N5O4/c20-19(21,22)17(30)31-16(29)14(11-13-7-3-1-4-8-13)26-15(28)9-5-2-6-10-23-18-24-12-25-27-18/h1,3-4,7-8,12,14H,2,5-6,9-11H2,(H,26,28)(H2,23,24,25,27)/t14-/m0/s1. The Morgan fingerprint density at radius 3 is 2.48 bits per heavy atom. The zero-order valence-corrected chi connectivity index (χ0v) is 16.4. The molecule has 0 unspecified atom stereocenters. The minimum atomic E-state index is -5.31. The van der Waals surface area contributed by atoms with E-state index in [4.69, 9.17) is 0 Å². The zero-order valence-electron chi connectivity index (χ0n) is 16.4. The van der Waals surface area contributed by atoms with Gasteiger partial charge in [-0.15, -0.1) is 0 Å². The molecule has 0 bridgehead atoms. The van der Waals surface area contributed by atoms with Crippen LogP contribution in [0, 0.1) is 0 Å². The first kappa shape index (κ1) is 23.8. The summed E-state index contributed by atoms with van der Waals surface area (Å²) in [7, 11) is 0. The van der Waals surface area contributed by atoms with Gasteiger partial charge in [-0.3, -0.25) is 4.79 Å². The maximum atomic E-state index is 12.4. The third-order valence-electron chi connectivity index (χ3n) is 4.12. The summed E-state index contributed by atoms with van der Waals surface area (Å²) >= 11 is 0. The fraction of sp³-hybridized carbons (Fsp3) is 0.421. The number of rotatable bonds is 11. The summed E-state index contributed by atoms with van der Waals surface area (Å²) < 4.78 is 41.1. The highest BCUT2D eigenvalue weighted by atomic mass is 19.4. The first-order chi connectivity index (χ1) is 14.8. The van der Waals surface area contributed by atoms with Crippen LogP contribution in [-0.4, -0.2) is 51.8 Å². The van der Waals surface area contributed by atoms with Crippen LogP contribution in [0.15, 0.2) is 36.7 Å². The summed E-state index contributed by atoms with van der Waals surface area (Å²) in [4.78, 5) is 39.2. The molecule has 168 valence electrons. The lowest BCUT2D eigenvalue weighted by Crippen LogP contribution is -2.45. The fourth-order valence-corrected chi connectivity index (χ4v) is 2.61. The Bertz CT molecular complexity index is 844. The van der Waals surface area contributed by atoms with Gasteiger partial charge in [0.2, 0.25) is 11.9 Å². The molecule has 1 aromatic heterocycles. The predicted octanol–water partition coefficient (Wildman–Crippen LogP) is 2.14. The third kappa shape index (κ3) is 8.84. The molecule has 0 fully saturated rings. The second-order valence-corrected chi connectivity index (χ2v) is 6.59. The number of aromatic nitrogens is 3. The Hall–Kier alpha value is -3.44. The van der Waals surface area contributed by atoms with Crippen LogP contribution in [0.1, 0.15) is 31.2 Å². The van der Waals surface area contributed by atoms with Crippen LogP contribution in [0.2, 0.25) is 0 Å². The number of ether oxygens (including phenoxy) is 1. The van der Waals surface area contributed by atoms with Crippen molar-refractivity contribution in [1.82, 2.24) is 20.5 Å². The molecule has 0 saturated heterocycles. The molecule has 1 aromatic carbocycles. The number of amides is 1.